The molecule has 1 amide bonds. The first-order chi connectivity index (χ1) is 11.3. The van der Waals surface area contributed by atoms with Crippen LogP contribution in [-0.2, 0) is 17.8 Å². The van der Waals surface area contributed by atoms with Gasteiger partial charge in [-0.3, -0.25) is 0 Å². The molecular formula is C20H24ClNO2. The molecule has 1 heterocycles. The highest BCUT2D eigenvalue weighted by Crippen LogP contribution is 2.22. The number of hydrogen-bond acceptors (Lipinski definition) is 2. The van der Waals surface area contributed by atoms with E-state index in [1.807, 2.05) is 41.3 Å². The second-order valence-corrected chi connectivity index (χ2v) is 6.07. The first kappa shape index (κ1) is 18.3. The van der Waals surface area contributed by atoms with Gasteiger partial charge in [-0.25, -0.2) is 4.79 Å². The minimum absolute atomic E-state index is 0. The summed E-state index contributed by atoms with van der Waals surface area (Å²) >= 11 is 0. The van der Waals surface area contributed by atoms with Gasteiger partial charge in [-0.15, -0.1) is 12.4 Å². The van der Waals surface area contributed by atoms with Gasteiger partial charge in [-0.1, -0.05) is 60.7 Å². The van der Waals surface area contributed by atoms with Gasteiger partial charge in [-0.05, 0) is 36.8 Å². The van der Waals surface area contributed by atoms with Crippen LogP contribution in [0.2, 0.25) is 0 Å². The molecule has 3 nitrogen and oxygen atoms in total. The second-order valence-electron chi connectivity index (χ2n) is 6.07. The van der Waals surface area contributed by atoms with Crippen LogP contribution in [0.4, 0.5) is 4.79 Å². The summed E-state index contributed by atoms with van der Waals surface area (Å²) in [4.78, 5) is 14.4. The highest BCUT2D eigenvalue weighted by Gasteiger charge is 2.27. The number of ether oxygens (including phenoxy) is 1. The molecule has 128 valence electrons. The molecule has 0 aromatic heterocycles. The minimum atomic E-state index is -0.186. The second kappa shape index (κ2) is 9.33. The third kappa shape index (κ3) is 5.00. The summed E-state index contributed by atoms with van der Waals surface area (Å²) in [7, 11) is 0. The fourth-order valence-electron chi connectivity index (χ4n) is 3.14. The normalized spacial score (nSPS) is 17.0. The Bertz CT molecular complexity index is 618. The summed E-state index contributed by atoms with van der Waals surface area (Å²) < 4.78 is 5.52. The SMILES string of the molecule is Cl.O=C(OCc1ccccc1)N1CCCCC1Cc1ccccc1. The smallest absolute Gasteiger partial charge is 0.410 e. The fourth-order valence-corrected chi connectivity index (χ4v) is 3.14. The number of halogens is 1. The summed E-state index contributed by atoms with van der Waals surface area (Å²) in [6.07, 6.45) is 4.01. The summed E-state index contributed by atoms with van der Waals surface area (Å²) in [5.41, 5.74) is 2.30. The van der Waals surface area contributed by atoms with Crippen molar-refractivity contribution in [3.05, 3.63) is 71.8 Å². The molecule has 0 saturated carbocycles. The van der Waals surface area contributed by atoms with Crippen molar-refractivity contribution in [2.24, 2.45) is 0 Å². The number of benzene rings is 2. The Morgan fingerprint density at radius 3 is 2.25 bits per heavy atom. The number of hydrogen-bond donors (Lipinski definition) is 0. The molecule has 2 aromatic carbocycles. The predicted octanol–water partition coefficient (Wildman–Crippen LogP) is 4.84. The van der Waals surface area contributed by atoms with Gasteiger partial charge in [0.05, 0.1) is 0 Å². The lowest BCUT2D eigenvalue weighted by molar-refractivity contribution is 0.0681. The lowest BCUT2D eigenvalue weighted by atomic mass is 9.96. The molecule has 2 aromatic rings. The lowest BCUT2D eigenvalue weighted by Gasteiger charge is -2.35. The van der Waals surface area contributed by atoms with E-state index >= 15 is 0 Å². The Labute approximate surface area is 150 Å². The van der Waals surface area contributed by atoms with Gasteiger partial charge in [0.1, 0.15) is 6.61 Å². The van der Waals surface area contributed by atoms with E-state index in [4.69, 9.17) is 4.74 Å². The maximum atomic E-state index is 12.5. The topological polar surface area (TPSA) is 29.5 Å². The van der Waals surface area contributed by atoms with E-state index < -0.39 is 0 Å². The quantitative estimate of drug-likeness (QED) is 0.793. The zero-order valence-electron chi connectivity index (χ0n) is 13.8. The molecule has 0 radical (unpaired) electrons. The molecule has 1 aliphatic rings. The van der Waals surface area contributed by atoms with Crippen LogP contribution in [0, 0.1) is 0 Å². The van der Waals surface area contributed by atoms with E-state index in [2.05, 4.69) is 24.3 Å². The molecule has 24 heavy (non-hydrogen) atoms. The average molecular weight is 346 g/mol. The van der Waals surface area contributed by atoms with Crippen molar-refractivity contribution in [2.75, 3.05) is 6.54 Å². The Balaban J connectivity index is 0.00000208. The predicted molar refractivity (Wildman–Crippen MR) is 98.4 cm³/mol. The molecule has 1 atom stereocenters. The van der Waals surface area contributed by atoms with Crippen molar-refractivity contribution in [1.29, 1.82) is 0 Å². The van der Waals surface area contributed by atoms with E-state index in [9.17, 15) is 4.79 Å². The third-order valence-electron chi connectivity index (χ3n) is 4.38. The Hall–Kier alpha value is -2.00. The monoisotopic (exact) mass is 345 g/mol. The van der Waals surface area contributed by atoms with Crippen LogP contribution >= 0.6 is 12.4 Å². The average Bonchev–Trinajstić information content (AvgIpc) is 2.62. The van der Waals surface area contributed by atoms with Crippen LogP contribution in [0.15, 0.2) is 60.7 Å². The number of rotatable bonds is 4. The van der Waals surface area contributed by atoms with Gasteiger partial charge in [0.2, 0.25) is 0 Å². The number of carbonyl (C=O) groups is 1. The van der Waals surface area contributed by atoms with Gasteiger partial charge in [0, 0.05) is 12.6 Å². The van der Waals surface area contributed by atoms with Crippen LogP contribution in [0.25, 0.3) is 0 Å². The van der Waals surface area contributed by atoms with Gasteiger partial charge >= 0.3 is 6.09 Å². The fraction of sp³-hybridized carbons (Fsp3) is 0.350. The number of carbonyl (C=O) groups excluding carboxylic acids is 1. The molecule has 0 spiro atoms. The van der Waals surface area contributed by atoms with E-state index in [1.54, 1.807) is 0 Å². The van der Waals surface area contributed by atoms with E-state index in [-0.39, 0.29) is 24.5 Å². The van der Waals surface area contributed by atoms with E-state index in [0.29, 0.717) is 6.61 Å². The zero-order chi connectivity index (χ0) is 15.9. The van der Waals surface area contributed by atoms with Gasteiger partial charge in [0.25, 0.3) is 0 Å². The van der Waals surface area contributed by atoms with Crippen molar-refractivity contribution >= 4 is 18.5 Å². The molecule has 1 saturated heterocycles. The highest BCUT2D eigenvalue weighted by atomic mass is 35.5. The van der Waals surface area contributed by atoms with Crippen molar-refractivity contribution in [3.8, 4) is 0 Å². The van der Waals surface area contributed by atoms with Gasteiger partial charge in [-0.2, -0.15) is 0 Å². The summed E-state index contributed by atoms with van der Waals surface area (Å²) in [6.45, 7) is 1.14. The van der Waals surface area contributed by atoms with Crippen LogP contribution in [0.5, 0.6) is 0 Å². The standard InChI is InChI=1S/C20H23NO2.ClH/c22-20(23-16-18-11-5-2-6-12-18)21-14-8-7-13-19(21)15-17-9-3-1-4-10-17;/h1-6,9-12,19H,7-8,13-16H2;1H. The maximum absolute atomic E-state index is 12.5. The van der Waals surface area contributed by atoms with Gasteiger partial charge < -0.3 is 9.64 Å². The Kier molecular flexibility index (Phi) is 7.13. The van der Waals surface area contributed by atoms with Crippen molar-refractivity contribution in [1.82, 2.24) is 4.90 Å². The van der Waals surface area contributed by atoms with E-state index in [0.717, 1.165) is 31.4 Å². The number of piperidine rings is 1. The van der Waals surface area contributed by atoms with Crippen LogP contribution in [0.3, 0.4) is 0 Å². The molecule has 1 fully saturated rings. The maximum Gasteiger partial charge on any atom is 0.410 e. The summed E-state index contributed by atoms with van der Waals surface area (Å²) in [6, 6.07) is 20.5. The van der Waals surface area contributed by atoms with E-state index in [1.165, 1.54) is 12.0 Å². The molecule has 3 rings (SSSR count). The molecule has 1 aliphatic heterocycles. The summed E-state index contributed by atoms with van der Waals surface area (Å²) in [5.74, 6) is 0. The molecule has 0 N–H and O–H groups in total. The largest absolute Gasteiger partial charge is 0.445 e. The van der Waals surface area contributed by atoms with Crippen molar-refractivity contribution < 1.29 is 9.53 Å². The lowest BCUT2D eigenvalue weighted by Crippen LogP contribution is -2.45. The van der Waals surface area contributed by atoms with Crippen molar-refractivity contribution in [2.45, 2.75) is 38.3 Å². The molecule has 4 heteroatoms. The van der Waals surface area contributed by atoms with Crippen molar-refractivity contribution in [3.63, 3.8) is 0 Å². The Morgan fingerprint density at radius 1 is 0.958 bits per heavy atom. The van der Waals surface area contributed by atoms with Crippen LogP contribution in [-0.4, -0.2) is 23.6 Å². The molecule has 0 aliphatic carbocycles. The molecule has 0 bridgehead atoms. The van der Waals surface area contributed by atoms with Crippen LogP contribution in [0.1, 0.15) is 30.4 Å². The number of nitrogens with zero attached hydrogens (tertiary/aromatic N) is 1. The Morgan fingerprint density at radius 2 is 1.58 bits per heavy atom. The highest BCUT2D eigenvalue weighted by molar-refractivity contribution is 5.85. The van der Waals surface area contributed by atoms with Gasteiger partial charge in [0.15, 0.2) is 0 Å². The third-order valence-corrected chi connectivity index (χ3v) is 4.38. The number of likely N-dealkylation sites (tertiary alicyclic amines) is 1. The molecular weight excluding hydrogens is 322 g/mol. The zero-order valence-corrected chi connectivity index (χ0v) is 14.6. The first-order valence-corrected chi connectivity index (χ1v) is 8.34. The van der Waals surface area contributed by atoms with Crippen LogP contribution < -0.4 is 0 Å². The first-order valence-electron chi connectivity index (χ1n) is 8.34. The molecule has 1 unspecified atom stereocenters. The summed E-state index contributed by atoms with van der Waals surface area (Å²) in [5, 5.41) is 0. The minimum Gasteiger partial charge on any atom is -0.445 e. The number of amides is 1.